The third-order valence-corrected chi connectivity index (χ3v) is 4.44. The SMILES string of the molecule is O=c1cc(-c2cc(C3CC3)[nH]n2)nc(NCCN2CCOCC2)[nH]1. The fourth-order valence-corrected chi connectivity index (χ4v) is 2.90. The molecule has 2 aromatic rings. The zero-order valence-electron chi connectivity index (χ0n) is 13.5. The summed E-state index contributed by atoms with van der Waals surface area (Å²) in [5.41, 5.74) is 2.27. The Hall–Kier alpha value is -2.19. The van der Waals surface area contributed by atoms with Gasteiger partial charge in [-0.25, -0.2) is 4.98 Å². The molecule has 0 amide bonds. The van der Waals surface area contributed by atoms with Crippen molar-refractivity contribution in [2.45, 2.75) is 18.8 Å². The number of H-pyrrole nitrogens is 2. The average molecular weight is 330 g/mol. The van der Waals surface area contributed by atoms with Crippen LogP contribution >= 0.6 is 0 Å². The average Bonchev–Trinajstić information content (AvgIpc) is 3.32. The van der Waals surface area contributed by atoms with Crippen molar-refractivity contribution < 1.29 is 4.74 Å². The summed E-state index contributed by atoms with van der Waals surface area (Å²) in [5, 5.41) is 10.5. The molecule has 4 rings (SSSR count). The van der Waals surface area contributed by atoms with E-state index in [2.05, 4.69) is 30.4 Å². The van der Waals surface area contributed by atoms with Gasteiger partial charge in [-0.05, 0) is 18.9 Å². The summed E-state index contributed by atoms with van der Waals surface area (Å²) in [6.45, 7) is 5.08. The molecule has 0 aromatic carbocycles. The Bertz CT molecular complexity index is 745. The molecule has 1 saturated heterocycles. The molecule has 2 fully saturated rings. The van der Waals surface area contributed by atoms with Crippen LogP contribution < -0.4 is 10.9 Å². The second-order valence-corrected chi connectivity index (χ2v) is 6.34. The molecule has 24 heavy (non-hydrogen) atoms. The molecule has 3 heterocycles. The van der Waals surface area contributed by atoms with E-state index in [1.165, 1.54) is 18.9 Å². The van der Waals surface area contributed by atoms with Crippen molar-refractivity contribution in [2.24, 2.45) is 0 Å². The predicted octanol–water partition coefficient (Wildman–Crippen LogP) is 0.781. The van der Waals surface area contributed by atoms with Gasteiger partial charge in [0, 0.05) is 43.9 Å². The van der Waals surface area contributed by atoms with Crippen molar-refractivity contribution in [3.05, 3.63) is 28.2 Å². The number of aromatic amines is 2. The lowest BCUT2D eigenvalue weighted by Gasteiger charge is -2.26. The summed E-state index contributed by atoms with van der Waals surface area (Å²) in [6, 6.07) is 3.48. The molecule has 2 aromatic heterocycles. The number of ether oxygens (including phenoxy) is 1. The molecule has 0 radical (unpaired) electrons. The summed E-state index contributed by atoms with van der Waals surface area (Å²) in [6.07, 6.45) is 2.41. The van der Waals surface area contributed by atoms with Gasteiger partial charge < -0.3 is 10.1 Å². The van der Waals surface area contributed by atoms with E-state index in [1.54, 1.807) is 0 Å². The molecule has 0 bridgehead atoms. The maximum Gasteiger partial charge on any atom is 0.252 e. The number of hydrogen-bond donors (Lipinski definition) is 3. The van der Waals surface area contributed by atoms with Crippen LogP contribution in [0.4, 0.5) is 5.95 Å². The minimum atomic E-state index is -0.176. The summed E-state index contributed by atoms with van der Waals surface area (Å²) < 4.78 is 5.34. The highest BCUT2D eigenvalue weighted by atomic mass is 16.5. The first-order chi connectivity index (χ1) is 11.8. The van der Waals surface area contributed by atoms with Crippen molar-refractivity contribution in [3.63, 3.8) is 0 Å². The first-order valence-corrected chi connectivity index (χ1v) is 8.49. The minimum Gasteiger partial charge on any atom is -0.379 e. The monoisotopic (exact) mass is 330 g/mol. The van der Waals surface area contributed by atoms with E-state index in [4.69, 9.17) is 4.74 Å². The van der Waals surface area contributed by atoms with Crippen molar-refractivity contribution in [1.29, 1.82) is 0 Å². The van der Waals surface area contributed by atoms with Crippen LogP contribution in [-0.2, 0) is 4.74 Å². The number of nitrogens with one attached hydrogen (secondary N) is 3. The van der Waals surface area contributed by atoms with Crippen molar-refractivity contribution in [3.8, 4) is 11.4 Å². The predicted molar refractivity (Wildman–Crippen MR) is 90.2 cm³/mol. The Balaban J connectivity index is 1.41. The van der Waals surface area contributed by atoms with Crippen LogP contribution in [0, 0.1) is 0 Å². The molecule has 1 saturated carbocycles. The van der Waals surface area contributed by atoms with Gasteiger partial charge in [0.1, 0.15) is 5.69 Å². The third-order valence-electron chi connectivity index (χ3n) is 4.44. The van der Waals surface area contributed by atoms with Crippen molar-refractivity contribution >= 4 is 5.95 Å². The molecule has 1 aliphatic carbocycles. The van der Waals surface area contributed by atoms with Gasteiger partial charge >= 0.3 is 0 Å². The van der Waals surface area contributed by atoms with Gasteiger partial charge in [0.25, 0.3) is 5.56 Å². The minimum absolute atomic E-state index is 0.176. The molecule has 128 valence electrons. The first-order valence-electron chi connectivity index (χ1n) is 8.49. The standard InChI is InChI=1S/C16H22N6O2/c23-15-10-13(14-9-12(20-21-14)11-1-2-11)18-16(19-15)17-3-4-22-5-7-24-8-6-22/h9-11H,1-8H2,(H,20,21)(H2,17,18,19,23). The molecular weight excluding hydrogens is 308 g/mol. The molecule has 0 atom stereocenters. The van der Waals surface area contributed by atoms with Gasteiger partial charge in [0.15, 0.2) is 0 Å². The normalized spacial score (nSPS) is 18.7. The van der Waals surface area contributed by atoms with Gasteiger partial charge in [0.05, 0.1) is 18.9 Å². The highest BCUT2D eigenvalue weighted by Gasteiger charge is 2.25. The first kappa shape index (κ1) is 15.3. The number of hydrogen-bond acceptors (Lipinski definition) is 6. The van der Waals surface area contributed by atoms with E-state index in [1.807, 2.05) is 6.07 Å². The molecule has 1 aliphatic heterocycles. The summed E-state index contributed by atoms with van der Waals surface area (Å²) in [5.74, 6) is 1.08. The second-order valence-electron chi connectivity index (χ2n) is 6.34. The zero-order chi connectivity index (χ0) is 16.4. The van der Waals surface area contributed by atoms with Crippen LogP contribution in [0.15, 0.2) is 16.9 Å². The van der Waals surface area contributed by atoms with Crippen LogP contribution in [0.25, 0.3) is 11.4 Å². The van der Waals surface area contributed by atoms with E-state index in [9.17, 15) is 4.79 Å². The summed E-state index contributed by atoms with van der Waals surface area (Å²) in [7, 11) is 0. The highest BCUT2D eigenvalue weighted by Crippen LogP contribution is 2.39. The quantitative estimate of drug-likeness (QED) is 0.724. The summed E-state index contributed by atoms with van der Waals surface area (Å²) >= 11 is 0. The van der Waals surface area contributed by atoms with E-state index in [-0.39, 0.29) is 5.56 Å². The number of anilines is 1. The Labute approximate surface area is 139 Å². The van der Waals surface area contributed by atoms with Gasteiger partial charge in [0.2, 0.25) is 5.95 Å². The topological polar surface area (TPSA) is 98.9 Å². The Morgan fingerprint density at radius 1 is 1.25 bits per heavy atom. The van der Waals surface area contributed by atoms with Gasteiger partial charge in [-0.2, -0.15) is 5.10 Å². The molecular formula is C16H22N6O2. The van der Waals surface area contributed by atoms with E-state index in [0.29, 0.717) is 17.6 Å². The van der Waals surface area contributed by atoms with Crippen LogP contribution in [0.1, 0.15) is 24.5 Å². The fourth-order valence-electron chi connectivity index (χ4n) is 2.90. The number of nitrogens with zero attached hydrogens (tertiary/aromatic N) is 3. The van der Waals surface area contributed by atoms with Crippen molar-refractivity contribution in [2.75, 3.05) is 44.7 Å². The number of rotatable bonds is 6. The smallest absolute Gasteiger partial charge is 0.252 e. The van der Waals surface area contributed by atoms with Gasteiger partial charge in [-0.1, -0.05) is 0 Å². The number of morpholine rings is 1. The van der Waals surface area contributed by atoms with E-state index in [0.717, 1.165) is 50.8 Å². The molecule has 8 nitrogen and oxygen atoms in total. The van der Waals surface area contributed by atoms with Crippen molar-refractivity contribution in [1.82, 2.24) is 25.1 Å². The maximum atomic E-state index is 11.9. The molecule has 8 heteroatoms. The molecule has 2 aliphatic rings. The van der Waals surface area contributed by atoms with Crippen LogP contribution in [-0.4, -0.2) is 64.5 Å². The summed E-state index contributed by atoms with van der Waals surface area (Å²) in [4.78, 5) is 21.5. The molecule has 0 unspecified atom stereocenters. The van der Waals surface area contributed by atoms with Crippen LogP contribution in [0.3, 0.4) is 0 Å². The van der Waals surface area contributed by atoms with Gasteiger partial charge in [-0.15, -0.1) is 0 Å². The third kappa shape index (κ3) is 3.65. The van der Waals surface area contributed by atoms with Crippen LogP contribution in [0.5, 0.6) is 0 Å². The fraction of sp³-hybridized carbons (Fsp3) is 0.562. The lowest BCUT2D eigenvalue weighted by Crippen LogP contribution is -2.39. The zero-order valence-corrected chi connectivity index (χ0v) is 13.5. The lowest BCUT2D eigenvalue weighted by atomic mass is 10.2. The Morgan fingerprint density at radius 3 is 2.88 bits per heavy atom. The largest absolute Gasteiger partial charge is 0.379 e. The number of aromatic nitrogens is 4. The Kier molecular flexibility index (Phi) is 4.31. The molecule has 3 N–H and O–H groups in total. The van der Waals surface area contributed by atoms with E-state index >= 15 is 0 Å². The van der Waals surface area contributed by atoms with E-state index < -0.39 is 0 Å². The Morgan fingerprint density at radius 2 is 2.08 bits per heavy atom. The highest BCUT2D eigenvalue weighted by molar-refractivity contribution is 5.56. The maximum absolute atomic E-state index is 11.9. The molecule has 0 spiro atoms. The lowest BCUT2D eigenvalue weighted by molar-refractivity contribution is 0.0398. The van der Waals surface area contributed by atoms with Crippen LogP contribution in [0.2, 0.25) is 0 Å². The second kappa shape index (κ2) is 6.74. The van der Waals surface area contributed by atoms with Gasteiger partial charge in [-0.3, -0.25) is 19.8 Å².